The number of carbonyl (C=O) groups is 1. The van der Waals surface area contributed by atoms with Crippen LogP contribution in [-0.4, -0.2) is 19.0 Å². The zero-order valence-electron chi connectivity index (χ0n) is 12.8. The Kier molecular flexibility index (Phi) is 5.63. The number of nitrogens with zero attached hydrogens (tertiary/aromatic N) is 1. The molecular weight excluding hydrogens is 295 g/mol. The molecule has 1 N–H and O–H groups in total. The van der Waals surface area contributed by atoms with Crippen LogP contribution in [0.3, 0.4) is 0 Å². The van der Waals surface area contributed by atoms with Gasteiger partial charge in [0.1, 0.15) is 12.3 Å². The van der Waals surface area contributed by atoms with Gasteiger partial charge in [0.25, 0.3) is 0 Å². The summed E-state index contributed by atoms with van der Waals surface area (Å²) in [6.07, 6.45) is 0.577. The highest BCUT2D eigenvalue weighted by atomic mass is 19.1. The van der Waals surface area contributed by atoms with Crippen LogP contribution >= 0.6 is 0 Å². The first-order valence-electron chi connectivity index (χ1n) is 7.01. The van der Waals surface area contributed by atoms with E-state index in [1.54, 1.807) is 13.1 Å². The lowest BCUT2D eigenvalue weighted by molar-refractivity contribution is -0.104. The Morgan fingerprint density at radius 1 is 1.30 bits per heavy atom. The minimum absolute atomic E-state index is 0.137. The predicted molar refractivity (Wildman–Crippen MR) is 88.0 cm³/mol. The average molecular weight is 312 g/mol. The Labute approximate surface area is 134 Å². The molecule has 2 aromatic rings. The number of allylic oxidation sites excluding steroid dienone is 1. The van der Waals surface area contributed by atoms with E-state index in [1.807, 2.05) is 30.3 Å². The number of rotatable bonds is 7. The normalized spacial score (nSPS) is 11.0. The van der Waals surface area contributed by atoms with E-state index in [0.29, 0.717) is 11.8 Å². The van der Waals surface area contributed by atoms with Crippen molar-refractivity contribution < 1.29 is 13.9 Å². The molecule has 0 radical (unpaired) electrons. The van der Waals surface area contributed by atoms with Crippen LogP contribution in [0.4, 0.5) is 4.39 Å². The molecule has 0 unspecified atom stereocenters. The summed E-state index contributed by atoms with van der Waals surface area (Å²) in [7, 11) is 1.59. The summed E-state index contributed by atoms with van der Waals surface area (Å²) in [6.45, 7) is 3.88. The third-order valence-corrected chi connectivity index (χ3v) is 3.11. The van der Waals surface area contributed by atoms with Gasteiger partial charge in [0.2, 0.25) is 0 Å². The van der Waals surface area contributed by atoms with Gasteiger partial charge in [0.15, 0.2) is 17.9 Å². The van der Waals surface area contributed by atoms with E-state index in [2.05, 4.69) is 17.1 Å². The van der Waals surface area contributed by atoms with Crippen molar-refractivity contribution in [3.05, 3.63) is 77.6 Å². The van der Waals surface area contributed by atoms with Gasteiger partial charge in [0, 0.05) is 18.2 Å². The molecule has 5 heteroatoms. The Hall–Kier alpha value is -2.95. The molecule has 118 valence electrons. The van der Waals surface area contributed by atoms with E-state index < -0.39 is 5.82 Å². The molecule has 0 fully saturated rings. The summed E-state index contributed by atoms with van der Waals surface area (Å²) in [6, 6.07) is 13.9. The lowest BCUT2D eigenvalue weighted by Gasteiger charge is -2.10. The van der Waals surface area contributed by atoms with Gasteiger partial charge in [-0.1, -0.05) is 36.9 Å². The van der Waals surface area contributed by atoms with Crippen LogP contribution in [0, 0.1) is 5.82 Å². The van der Waals surface area contributed by atoms with E-state index in [0.717, 1.165) is 5.56 Å². The molecule has 0 saturated heterocycles. The fourth-order valence-corrected chi connectivity index (χ4v) is 1.99. The van der Waals surface area contributed by atoms with Gasteiger partial charge in [-0.25, -0.2) is 4.39 Å². The van der Waals surface area contributed by atoms with Crippen molar-refractivity contribution >= 4 is 12.0 Å². The van der Waals surface area contributed by atoms with Crippen molar-refractivity contribution in [2.24, 2.45) is 5.10 Å². The Bertz CT molecular complexity index is 727. The minimum atomic E-state index is -0.527. The lowest BCUT2D eigenvalue weighted by atomic mass is 10.0. The monoisotopic (exact) mass is 312 g/mol. The zero-order chi connectivity index (χ0) is 16.7. The molecule has 4 nitrogen and oxygen atoms in total. The summed E-state index contributed by atoms with van der Waals surface area (Å²) in [5, 5.41) is 3.96. The van der Waals surface area contributed by atoms with Gasteiger partial charge in [-0.05, 0) is 23.8 Å². The van der Waals surface area contributed by atoms with Crippen LogP contribution < -0.4 is 10.2 Å². The second-order valence-corrected chi connectivity index (χ2v) is 4.75. The topological polar surface area (TPSA) is 50.7 Å². The molecule has 0 atom stereocenters. The van der Waals surface area contributed by atoms with Crippen LogP contribution in [-0.2, 0) is 11.4 Å². The number of hydrogen-bond donors (Lipinski definition) is 1. The summed E-state index contributed by atoms with van der Waals surface area (Å²) in [5.74, 6) is -0.390. The van der Waals surface area contributed by atoms with Gasteiger partial charge < -0.3 is 10.2 Å². The van der Waals surface area contributed by atoms with E-state index >= 15 is 0 Å². The molecule has 0 heterocycles. The second kappa shape index (κ2) is 7.89. The Morgan fingerprint density at radius 3 is 2.65 bits per heavy atom. The minimum Gasteiger partial charge on any atom is -0.486 e. The van der Waals surface area contributed by atoms with Crippen molar-refractivity contribution in [3.8, 4) is 5.75 Å². The molecule has 0 aromatic heterocycles. The Balaban J connectivity index is 2.18. The summed E-state index contributed by atoms with van der Waals surface area (Å²) in [5.41, 5.74) is 4.42. The van der Waals surface area contributed by atoms with Gasteiger partial charge in [0.05, 0.1) is 0 Å². The molecule has 0 spiro atoms. The third-order valence-electron chi connectivity index (χ3n) is 3.11. The summed E-state index contributed by atoms with van der Waals surface area (Å²) < 4.78 is 19.7. The molecule has 0 saturated carbocycles. The number of halogens is 1. The van der Waals surface area contributed by atoms with Crippen LogP contribution in [0.15, 0.2) is 65.8 Å². The van der Waals surface area contributed by atoms with Crippen molar-refractivity contribution in [1.29, 1.82) is 0 Å². The second-order valence-electron chi connectivity index (χ2n) is 4.75. The number of carbonyl (C=O) groups excluding carboxylic acids is 1. The van der Waals surface area contributed by atoms with Gasteiger partial charge in [-0.15, -0.1) is 0 Å². The molecule has 0 aliphatic rings. The maximum atomic E-state index is 14.2. The highest BCUT2D eigenvalue weighted by Gasteiger charge is 2.12. The first-order valence-corrected chi connectivity index (χ1v) is 7.01. The third kappa shape index (κ3) is 4.26. The lowest BCUT2D eigenvalue weighted by Crippen LogP contribution is -2.11. The molecule has 2 aromatic carbocycles. The van der Waals surface area contributed by atoms with Crippen molar-refractivity contribution in [2.75, 3.05) is 7.05 Å². The number of nitrogens with one attached hydrogen (secondary N) is 1. The maximum Gasteiger partial charge on any atom is 0.165 e. The largest absolute Gasteiger partial charge is 0.486 e. The van der Waals surface area contributed by atoms with Gasteiger partial charge in [-0.3, -0.25) is 4.79 Å². The van der Waals surface area contributed by atoms with E-state index in [4.69, 9.17) is 4.74 Å². The average Bonchev–Trinajstić information content (AvgIpc) is 2.59. The zero-order valence-corrected chi connectivity index (χ0v) is 12.8. The van der Waals surface area contributed by atoms with Crippen LogP contribution in [0.25, 0.3) is 0 Å². The number of benzene rings is 2. The molecule has 0 aliphatic heterocycles. The molecular formula is C18H17FN2O2. The fourth-order valence-electron chi connectivity index (χ4n) is 1.99. The van der Waals surface area contributed by atoms with Crippen molar-refractivity contribution in [3.63, 3.8) is 0 Å². The van der Waals surface area contributed by atoms with Gasteiger partial charge in [-0.2, -0.15) is 5.10 Å². The van der Waals surface area contributed by atoms with E-state index in [1.165, 1.54) is 12.1 Å². The Morgan fingerprint density at radius 2 is 2.04 bits per heavy atom. The molecule has 0 bridgehead atoms. The van der Waals surface area contributed by atoms with E-state index in [-0.39, 0.29) is 23.6 Å². The summed E-state index contributed by atoms with van der Waals surface area (Å²) >= 11 is 0. The maximum absolute atomic E-state index is 14.2. The SMILES string of the molecule is C=C(C=O)/C(=N\NC)c1ccc(OCc2ccccc2)c(F)c1. The highest BCUT2D eigenvalue weighted by Crippen LogP contribution is 2.21. The number of hydrazone groups is 1. The van der Waals surface area contributed by atoms with Crippen molar-refractivity contribution in [2.45, 2.75) is 6.61 Å². The smallest absolute Gasteiger partial charge is 0.165 e. The van der Waals surface area contributed by atoms with Gasteiger partial charge >= 0.3 is 0 Å². The van der Waals surface area contributed by atoms with E-state index in [9.17, 15) is 9.18 Å². The number of hydrogen-bond acceptors (Lipinski definition) is 4. The quantitative estimate of drug-likeness (QED) is 0.370. The standard InChI is InChI=1S/C18H17FN2O2/c1-13(11-22)18(21-20-2)15-8-9-17(16(19)10-15)23-12-14-6-4-3-5-7-14/h3-11,20H,1,12H2,2H3/b21-18+. The van der Waals surface area contributed by atoms with Crippen molar-refractivity contribution in [1.82, 2.24) is 5.43 Å². The molecule has 0 amide bonds. The van der Waals surface area contributed by atoms with Crippen LogP contribution in [0.5, 0.6) is 5.75 Å². The highest BCUT2D eigenvalue weighted by molar-refractivity contribution is 6.22. The predicted octanol–water partition coefficient (Wildman–Crippen LogP) is 3.08. The number of ether oxygens (including phenoxy) is 1. The first kappa shape index (κ1) is 16.4. The number of aldehydes is 1. The first-order chi connectivity index (χ1) is 11.2. The van der Waals surface area contributed by atoms with Crippen LogP contribution in [0.2, 0.25) is 0 Å². The molecule has 2 rings (SSSR count). The molecule has 0 aliphatic carbocycles. The molecule has 23 heavy (non-hydrogen) atoms. The van der Waals surface area contributed by atoms with Crippen LogP contribution in [0.1, 0.15) is 11.1 Å². The fraction of sp³-hybridized carbons (Fsp3) is 0.111. The summed E-state index contributed by atoms with van der Waals surface area (Å²) in [4.78, 5) is 10.9.